The number of fused-ring (bicyclic) bond motifs is 1. The molecule has 1 heterocycles. The van der Waals surface area contributed by atoms with Crippen LogP contribution in [-0.4, -0.2) is 24.7 Å². The Hall–Kier alpha value is -0.771. The summed E-state index contributed by atoms with van der Waals surface area (Å²) in [4.78, 5) is 11.1. The molecule has 2 aromatic rings. The van der Waals surface area contributed by atoms with Crippen molar-refractivity contribution < 1.29 is 9.21 Å². The molecule has 0 N–H and O–H groups in total. The molecule has 2 rings (SSSR count). The molecule has 1 aromatic heterocycles. The Kier molecular flexibility index (Phi) is 7.86. The fourth-order valence-electron chi connectivity index (χ4n) is 3.82. The zero-order valence-electron chi connectivity index (χ0n) is 15.6. The van der Waals surface area contributed by atoms with E-state index in [1.165, 1.54) is 61.0 Å². The molecule has 0 aliphatic heterocycles. The van der Waals surface area contributed by atoms with Crippen LogP contribution in [0.2, 0.25) is 13.3 Å². The van der Waals surface area contributed by atoms with E-state index in [9.17, 15) is 4.79 Å². The Labute approximate surface area is 150 Å². The zero-order chi connectivity index (χ0) is 17.4. The first-order valence-corrected chi connectivity index (χ1v) is 17.2. The number of hydrogen-bond acceptors (Lipinski definition) is 2. The molecular weight excluding hydrogens is 403 g/mol. The maximum absolute atomic E-state index is 11.1. The van der Waals surface area contributed by atoms with E-state index in [0.29, 0.717) is 0 Å². The third-order valence-corrected chi connectivity index (χ3v) is 20.3. The van der Waals surface area contributed by atoms with Gasteiger partial charge in [-0.2, -0.15) is 0 Å². The topological polar surface area (TPSA) is 30.2 Å². The van der Waals surface area contributed by atoms with Crippen LogP contribution in [0, 0.1) is 0 Å². The first-order chi connectivity index (χ1) is 11.7. The molecule has 24 heavy (non-hydrogen) atoms. The molecule has 0 amide bonds. The van der Waals surface area contributed by atoms with Crippen LogP contribution in [0.5, 0.6) is 0 Å². The van der Waals surface area contributed by atoms with Crippen molar-refractivity contribution in [2.75, 3.05) is 0 Å². The quantitative estimate of drug-likeness (QED) is 0.306. The van der Waals surface area contributed by atoms with Crippen LogP contribution in [0.3, 0.4) is 0 Å². The first kappa shape index (κ1) is 19.6. The molecule has 0 atom stereocenters. The SMILES string of the molecule is CCC[CH2][Sn]([CH2]CCC)([CH2]CCC)[c]1occ2cc(C=O)ccc12. The zero-order valence-corrected chi connectivity index (χ0v) is 18.4. The normalized spacial score (nSPS) is 12.0. The van der Waals surface area contributed by atoms with Gasteiger partial charge in [-0.15, -0.1) is 0 Å². The second-order valence-corrected chi connectivity index (χ2v) is 20.0. The Morgan fingerprint density at radius 2 is 1.54 bits per heavy atom. The van der Waals surface area contributed by atoms with Gasteiger partial charge >= 0.3 is 151 Å². The van der Waals surface area contributed by atoms with Crippen LogP contribution in [0.25, 0.3) is 10.8 Å². The molecule has 3 heteroatoms. The van der Waals surface area contributed by atoms with E-state index in [-0.39, 0.29) is 0 Å². The minimum atomic E-state index is -2.54. The molecule has 0 saturated heterocycles. The first-order valence-electron chi connectivity index (χ1n) is 9.67. The van der Waals surface area contributed by atoms with Crippen LogP contribution >= 0.6 is 0 Å². The number of carbonyl (C=O) groups is 1. The molecule has 0 saturated carbocycles. The van der Waals surface area contributed by atoms with Gasteiger partial charge in [0.05, 0.1) is 0 Å². The van der Waals surface area contributed by atoms with Crippen LogP contribution in [0.1, 0.15) is 69.7 Å². The average molecular weight is 435 g/mol. The van der Waals surface area contributed by atoms with Gasteiger partial charge in [0, 0.05) is 0 Å². The predicted molar refractivity (Wildman–Crippen MR) is 106 cm³/mol. The van der Waals surface area contributed by atoms with E-state index < -0.39 is 18.4 Å². The summed E-state index contributed by atoms with van der Waals surface area (Å²) in [5, 5.41) is 2.40. The number of aldehydes is 1. The Bertz CT molecular complexity index is 623. The van der Waals surface area contributed by atoms with Gasteiger partial charge in [-0.25, -0.2) is 0 Å². The fraction of sp³-hybridized carbons (Fsp3) is 0.571. The molecule has 132 valence electrons. The van der Waals surface area contributed by atoms with E-state index in [2.05, 4.69) is 26.8 Å². The minimum absolute atomic E-state index is 0.742. The molecule has 0 spiro atoms. The summed E-state index contributed by atoms with van der Waals surface area (Å²) >= 11 is -2.54. The molecule has 2 nitrogen and oxygen atoms in total. The van der Waals surface area contributed by atoms with Crippen molar-refractivity contribution in [2.24, 2.45) is 0 Å². The van der Waals surface area contributed by atoms with Gasteiger partial charge < -0.3 is 0 Å². The number of carbonyl (C=O) groups excluding carboxylic acids is 1. The van der Waals surface area contributed by atoms with Crippen molar-refractivity contribution in [3.8, 4) is 0 Å². The van der Waals surface area contributed by atoms with E-state index >= 15 is 0 Å². The van der Waals surface area contributed by atoms with Gasteiger partial charge in [0.2, 0.25) is 0 Å². The van der Waals surface area contributed by atoms with Gasteiger partial charge in [0.1, 0.15) is 0 Å². The summed E-state index contributed by atoms with van der Waals surface area (Å²) in [5.41, 5.74) is 0.742. The molecule has 0 unspecified atom stereocenters. The summed E-state index contributed by atoms with van der Waals surface area (Å²) in [6.45, 7) is 6.90. The third kappa shape index (κ3) is 4.44. The molecule has 0 aliphatic rings. The number of benzene rings is 1. The van der Waals surface area contributed by atoms with Crippen LogP contribution in [-0.2, 0) is 0 Å². The number of unbranched alkanes of at least 4 members (excludes halogenated alkanes) is 3. The van der Waals surface area contributed by atoms with Gasteiger partial charge in [0.25, 0.3) is 0 Å². The van der Waals surface area contributed by atoms with Gasteiger partial charge in [0.15, 0.2) is 0 Å². The number of furan rings is 1. The van der Waals surface area contributed by atoms with Crippen molar-refractivity contribution in [2.45, 2.75) is 72.6 Å². The predicted octanol–water partition coefficient (Wildman–Crippen LogP) is 6.30. The van der Waals surface area contributed by atoms with Crippen molar-refractivity contribution in [3.63, 3.8) is 0 Å². The summed E-state index contributed by atoms with van der Waals surface area (Å²) in [7, 11) is 0. The van der Waals surface area contributed by atoms with Gasteiger partial charge in [-0.1, -0.05) is 0 Å². The molecule has 0 radical (unpaired) electrons. The van der Waals surface area contributed by atoms with E-state index in [0.717, 1.165) is 17.2 Å². The van der Waals surface area contributed by atoms with Crippen LogP contribution < -0.4 is 3.78 Å². The molecule has 1 aromatic carbocycles. The van der Waals surface area contributed by atoms with Gasteiger partial charge in [-0.05, 0) is 0 Å². The Balaban J connectivity index is 2.48. The summed E-state index contributed by atoms with van der Waals surface area (Å²) in [6, 6.07) is 6.06. The maximum atomic E-state index is 11.1. The molecule has 0 fully saturated rings. The summed E-state index contributed by atoms with van der Waals surface area (Å²) in [6.07, 6.45) is 10.6. The molecular formula is C21H32O2Sn. The second kappa shape index (κ2) is 9.64. The van der Waals surface area contributed by atoms with Gasteiger partial charge in [-0.3, -0.25) is 0 Å². The van der Waals surface area contributed by atoms with Crippen LogP contribution in [0.4, 0.5) is 0 Å². The Morgan fingerprint density at radius 1 is 0.958 bits per heavy atom. The fourth-order valence-corrected chi connectivity index (χ4v) is 19.9. The van der Waals surface area contributed by atoms with Crippen LogP contribution in [0.15, 0.2) is 28.9 Å². The van der Waals surface area contributed by atoms with Crippen molar-refractivity contribution in [3.05, 3.63) is 30.0 Å². The molecule has 0 aliphatic carbocycles. The van der Waals surface area contributed by atoms with E-state index in [1.807, 2.05) is 18.4 Å². The number of hydrogen-bond donors (Lipinski definition) is 0. The van der Waals surface area contributed by atoms with Crippen molar-refractivity contribution >= 4 is 39.2 Å². The van der Waals surface area contributed by atoms with E-state index in [4.69, 9.17) is 4.42 Å². The Morgan fingerprint density at radius 3 is 2.04 bits per heavy atom. The number of rotatable bonds is 11. The second-order valence-electron chi connectivity index (χ2n) is 7.12. The molecule has 0 bridgehead atoms. The van der Waals surface area contributed by atoms with Crippen molar-refractivity contribution in [1.82, 2.24) is 0 Å². The van der Waals surface area contributed by atoms with E-state index in [1.54, 1.807) is 0 Å². The third-order valence-electron chi connectivity index (χ3n) is 5.27. The summed E-state index contributed by atoms with van der Waals surface area (Å²) < 4.78 is 11.8. The summed E-state index contributed by atoms with van der Waals surface area (Å²) in [5.74, 6) is 0. The monoisotopic (exact) mass is 436 g/mol. The van der Waals surface area contributed by atoms with Crippen molar-refractivity contribution in [1.29, 1.82) is 0 Å². The standard InChI is InChI=1S/C9H5O2.3C4H9.Sn/c10-4-7-1-2-8-5-11-6-9(8)3-7;3*1-3-4-2;/h1-4,6H;3*1,3-4H2,2H3;. The average Bonchev–Trinajstić information content (AvgIpc) is 3.05.